The summed E-state index contributed by atoms with van der Waals surface area (Å²) in [5.74, 6) is 5.52. The van der Waals surface area contributed by atoms with Gasteiger partial charge in [0.05, 0.1) is 0 Å². The first kappa shape index (κ1) is 10.2. The molecule has 0 spiro atoms. The highest BCUT2D eigenvalue weighted by molar-refractivity contribution is 5.05. The predicted molar refractivity (Wildman–Crippen MR) is 64.6 cm³/mol. The van der Waals surface area contributed by atoms with Crippen molar-refractivity contribution in [3.8, 4) is 0 Å². The normalized spacial score (nSPS) is 54.6. The number of hydrogen-bond donors (Lipinski definition) is 0. The molecule has 0 aromatic rings. The van der Waals surface area contributed by atoms with Crippen LogP contribution >= 0.6 is 0 Å². The molecule has 5 atom stereocenters. The Morgan fingerprint density at radius 3 is 2.13 bits per heavy atom. The average molecular weight is 206 g/mol. The number of rotatable bonds is 2. The van der Waals surface area contributed by atoms with Crippen LogP contribution in [0.2, 0.25) is 0 Å². The van der Waals surface area contributed by atoms with Crippen LogP contribution in [0.25, 0.3) is 0 Å². The summed E-state index contributed by atoms with van der Waals surface area (Å²) in [6, 6.07) is 0. The topological polar surface area (TPSA) is 0 Å². The maximum Gasteiger partial charge on any atom is -0.0295 e. The molecule has 3 saturated carbocycles. The maximum absolute atomic E-state index is 2.58. The van der Waals surface area contributed by atoms with Crippen molar-refractivity contribution in [2.75, 3.05) is 0 Å². The van der Waals surface area contributed by atoms with Crippen molar-refractivity contribution >= 4 is 0 Å². The molecule has 0 nitrogen and oxygen atoms in total. The summed E-state index contributed by atoms with van der Waals surface area (Å²) in [4.78, 5) is 0. The second-order valence-electron chi connectivity index (χ2n) is 7.03. The van der Waals surface area contributed by atoms with E-state index >= 15 is 0 Å². The van der Waals surface area contributed by atoms with Crippen LogP contribution in [0.1, 0.15) is 59.3 Å². The zero-order valence-corrected chi connectivity index (χ0v) is 10.6. The van der Waals surface area contributed by atoms with Crippen LogP contribution in [0.3, 0.4) is 0 Å². The molecule has 3 fully saturated rings. The molecule has 3 aliphatic carbocycles. The number of hydrogen-bond acceptors (Lipinski definition) is 0. The van der Waals surface area contributed by atoms with E-state index in [0.717, 1.165) is 29.6 Å². The van der Waals surface area contributed by atoms with Gasteiger partial charge in [0.2, 0.25) is 0 Å². The molecule has 86 valence electrons. The maximum atomic E-state index is 2.58. The molecule has 0 aromatic heterocycles. The molecule has 0 N–H and O–H groups in total. The van der Waals surface area contributed by atoms with Gasteiger partial charge >= 0.3 is 0 Å². The minimum Gasteiger partial charge on any atom is -0.0651 e. The second kappa shape index (κ2) is 3.25. The summed E-state index contributed by atoms with van der Waals surface area (Å²) in [7, 11) is 0. The Morgan fingerprint density at radius 1 is 1.13 bits per heavy atom. The van der Waals surface area contributed by atoms with Gasteiger partial charge in [-0.05, 0) is 67.1 Å². The fourth-order valence-corrected chi connectivity index (χ4v) is 5.22. The van der Waals surface area contributed by atoms with E-state index in [1.54, 1.807) is 32.1 Å². The van der Waals surface area contributed by atoms with Crippen molar-refractivity contribution in [2.45, 2.75) is 59.3 Å². The van der Waals surface area contributed by atoms with Crippen LogP contribution in [0.15, 0.2) is 0 Å². The highest BCUT2D eigenvalue weighted by Crippen LogP contribution is 2.64. The lowest BCUT2D eigenvalue weighted by Crippen LogP contribution is -2.23. The SMILES string of the molecule is CCC(C)C1(C)CC2C3CCC(C3)C2C1. The summed E-state index contributed by atoms with van der Waals surface area (Å²) in [6.07, 6.45) is 9.25. The van der Waals surface area contributed by atoms with E-state index in [1.807, 2.05) is 0 Å². The summed E-state index contributed by atoms with van der Waals surface area (Å²) in [5, 5.41) is 0. The first-order valence-electron chi connectivity index (χ1n) is 7.14. The van der Waals surface area contributed by atoms with Crippen molar-refractivity contribution in [3.05, 3.63) is 0 Å². The quantitative estimate of drug-likeness (QED) is 0.624. The molecule has 3 aliphatic rings. The Labute approximate surface area is 94.8 Å². The van der Waals surface area contributed by atoms with E-state index in [-0.39, 0.29) is 0 Å². The lowest BCUT2D eigenvalue weighted by molar-refractivity contribution is 0.179. The van der Waals surface area contributed by atoms with E-state index in [9.17, 15) is 0 Å². The molecule has 0 heterocycles. The third kappa shape index (κ3) is 1.33. The van der Waals surface area contributed by atoms with E-state index in [2.05, 4.69) is 20.8 Å². The molecule has 0 saturated heterocycles. The molecule has 0 amide bonds. The zero-order chi connectivity index (χ0) is 10.6. The van der Waals surface area contributed by atoms with Gasteiger partial charge in [0.15, 0.2) is 0 Å². The van der Waals surface area contributed by atoms with Gasteiger partial charge in [0.25, 0.3) is 0 Å². The monoisotopic (exact) mass is 206 g/mol. The second-order valence-corrected chi connectivity index (χ2v) is 7.03. The Morgan fingerprint density at radius 2 is 1.67 bits per heavy atom. The van der Waals surface area contributed by atoms with E-state index in [0.29, 0.717) is 5.41 Å². The van der Waals surface area contributed by atoms with Crippen LogP contribution in [-0.2, 0) is 0 Å². The van der Waals surface area contributed by atoms with Gasteiger partial charge in [-0.3, -0.25) is 0 Å². The average Bonchev–Trinajstić information content (AvgIpc) is 2.86. The third-order valence-corrected chi connectivity index (χ3v) is 6.48. The summed E-state index contributed by atoms with van der Waals surface area (Å²) < 4.78 is 0. The molecule has 0 heteroatoms. The summed E-state index contributed by atoms with van der Waals surface area (Å²) in [6.45, 7) is 7.44. The molecule has 0 aliphatic heterocycles. The lowest BCUT2D eigenvalue weighted by atomic mass is 9.73. The molecular weight excluding hydrogens is 180 g/mol. The van der Waals surface area contributed by atoms with E-state index < -0.39 is 0 Å². The van der Waals surface area contributed by atoms with Gasteiger partial charge in [0.1, 0.15) is 0 Å². The smallest absolute Gasteiger partial charge is 0.0295 e. The Balaban J connectivity index is 1.78. The Bertz CT molecular complexity index is 237. The highest BCUT2D eigenvalue weighted by atomic mass is 14.6. The standard InChI is InChI=1S/C15H26/c1-4-10(2)15(3)8-13-11-5-6-12(7-11)14(13)9-15/h10-14H,4-9H2,1-3H3. The van der Waals surface area contributed by atoms with Gasteiger partial charge in [-0.1, -0.05) is 27.2 Å². The molecule has 2 bridgehead atoms. The van der Waals surface area contributed by atoms with Crippen molar-refractivity contribution < 1.29 is 0 Å². The molecule has 5 unspecified atom stereocenters. The zero-order valence-electron chi connectivity index (χ0n) is 10.6. The van der Waals surface area contributed by atoms with Gasteiger partial charge < -0.3 is 0 Å². The van der Waals surface area contributed by atoms with Crippen molar-refractivity contribution in [3.63, 3.8) is 0 Å². The minimum absolute atomic E-state index is 0.700. The van der Waals surface area contributed by atoms with Gasteiger partial charge in [0, 0.05) is 0 Å². The highest BCUT2D eigenvalue weighted by Gasteiger charge is 2.55. The lowest BCUT2D eigenvalue weighted by Gasteiger charge is -2.32. The Kier molecular flexibility index (Phi) is 2.20. The minimum atomic E-state index is 0.700. The molecule has 0 aromatic carbocycles. The van der Waals surface area contributed by atoms with Crippen molar-refractivity contribution in [1.29, 1.82) is 0 Å². The van der Waals surface area contributed by atoms with Crippen molar-refractivity contribution in [2.24, 2.45) is 35.0 Å². The largest absolute Gasteiger partial charge is 0.0651 e. The van der Waals surface area contributed by atoms with Crippen LogP contribution < -0.4 is 0 Å². The van der Waals surface area contributed by atoms with Gasteiger partial charge in [-0.2, -0.15) is 0 Å². The van der Waals surface area contributed by atoms with Crippen molar-refractivity contribution in [1.82, 2.24) is 0 Å². The van der Waals surface area contributed by atoms with Gasteiger partial charge in [-0.15, -0.1) is 0 Å². The summed E-state index contributed by atoms with van der Waals surface area (Å²) >= 11 is 0. The number of fused-ring (bicyclic) bond motifs is 5. The van der Waals surface area contributed by atoms with Crippen LogP contribution in [0.5, 0.6) is 0 Å². The molecular formula is C15H26. The molecule has 0 radical (unpaired) electrons. The predicted octanol–water partition coefficient (Wildman–Crippen LogP) is 4.49. The van der Waals surface area contributed by atoms with Gasteiger partial charge in [-0.25, -0.2) is 0 Å². The fourth-order valence-electron chi connectivity index (χ4n) is 5.22. The fraction of sp³-hybridized carbons (Fsp3) is 1.00. The molecule has 15 heavy (non-hydrogen) atoms. The van der Waals surface area contributed by atoms with Crippen LogP contribution in [0, 0.1) is 35.0 Å². The Hall–Kier alpha value is 0. The van der Waals surface area contributed by atoms with Crippen LogP contribution in [-0.4, -0.2) is 0 Å². The molecule has 3 rings (SSSR count). The first-order chi connectivity index (χ1) is 7.14. The third-order valence-electron chi connectivity index (χ3n) is 6.48. The van der Waals surface area contributed by atoms with Crippen LogP contribution in [0.4, 0.5) is 0 Å². The van der Waals surface area contributed by atoms with E-state index in [4.69, 9.17) is 0 Å². The first-order valence-corrected chi connectivity index (χ1v) is 7.14. The van der Waals surface area contributed by atoms with E-state index in [1.165, 1.54) is 6.42 Å². The summed E-state index contributed by atoms with van der Waals surface area (Å²) in [5.41, 5.74) is 0.700.